The molecule has 0 aromatic rings. The van der Waals surface area contributed by atoms with Gasteiger partial charge in [-0.05, 0) is 31.6 Å². The number of amides is 2. The molecule has 0 saturated carbocycles. The quantitative estimate of drug-likeness (QED) is 0.675. The maximum atomic E-state index is 12.0. The molecular formula is C17H35N3O2. The van der Waals surface area contributed by atoms with Gasteiger partial charge in [0.25, 0.3) is 0 Å². The Bertz CT molecular complexity index is 337. The van der Waals surface area contributed by atoms with Gasteiger partial charge in [0.05, 0.1) is 5.60 Å². The Labute approximate surface area is 135 Å². The van der Waals surface area contributed by atoms with Crippen LogP contribution in [0.1, 0.15) is 53.9 Å². The van der Waals surface area contributed by atoms with Crippen LogP contribution in [0.5, 0.6) is 0 Å². The van der Waals surface area contributed by atoms with Gasteiger partial charge in [-0.1, -0.05) is 34.1 Å². The minimum Gasteiger partial charge on any atom is -0.388 e. The van der Waals surface area contributed by atoms with Crippen LogP contribution in [0.2, 0.25) is 0 Å². The minimum atomic E-state index is -0.854. The van der Waals surface area contributed by atoms with E-state index in [4.69, 9.17) is 0 Å². The summed E-state index contributed by atoms with van der Waals surface area (Å²) >= 11 is 0. The van der Waals surface area contributed by atoms with Crippen molar-refractivity contribution in [3.05, 3.63) is 0 Å². The molecule has 0 aromatic carbocycles. The molecule has 1 heterocycles. The molecule has 5 nitrogen and oxygen atoms in total. The summed E-state index contributed by atoms with van der Waals surface area (Å²) in [5, 5.41) is 16.2. The van der Waals surface area contributed by atoms with Gasteiger partial charge in [-0.2, -0.15) is 0 Å². The number of hydrogen-bond acceptors (Lipinski definition) is 3. The van der Waals surface area contributed by atoms with Gasteiger partial charge in [-0.25, -0.2) is 4.79 Å². The van der Waals surface area contributed by atoms with Gasteiger partial charge in [0.15, 0.2) is 0 Å². The second-order valence-corrected chi connectivity index (χ2v) is 7.46. The molecule has 0 radical (unpaired) electrons. The number of carbonyl (C=O) groups excluding carboxylic acids is 1. The van der Waals surface area contributed by atoms with E-state index >= 15 is 0 Å². The summed E-state index contributed by atoms with van der Waals surface area (Å²) < 4.78 is 0. The van der Waals surface area contributed by atoms with Crippen molar-refractivity contribution in [2.24, 2.45) is 11.8 Å². The lowest BCUT2D eigenvalue weighted by atomic mass is 9.89. The molecule has 1 aliphatic heterocycles. The Hall–Kier alpha value is -0.810. The van der Waals surface area contributed by atoms with Crippen LogP contribution in [0.15, 0.2) is 0 Å². The lowest BCUT2D eigenvalue weighted by molar-refractivity contribution is 0.00777. The fraction of sp³-hybridized carbons (Fsp3) is 0.941. The van der Waals surface area contributed by atoms with Gasteiger partial charge in [0.1, 0.15) is 0 Å². The summed E-state index contributed by atoms with van der Waals surface area (Å²) in [5.74, 6) is 0.850. The number of urea groups is 1. The predicted molar refractivity (Wildman–Crippen MR) is 90.9 cm³/mol. The summed E-state index contributed by atoms with van der Waals surface area (Å²) in [6, 6.07) is 0.0860. The topological polar surface area (TPSA) is 64.6 Å². The largest absolute Gasteiger partial charge is 0.388 e. The summed E-state index contributed by atoms with van der Waals surface area (Å²) in [7, 11) is 0. The molecule has 2 unspecified atom stereocenters. The van der Waals surface area contributed by atoms with Crippen molar-refractivity contribution in [1.29, 1.82) is 0 Å². The average Bonchev–Trinajstić information content (AvgIpc) is 2.46. The molecule has 1 aliphatic rings. The van der Waals surface area contributed by atoms with Gasteiger partial charge in [-0.15, -0.1) is 0 Å². The molecule has 5 heteroatoms. The first kappa shape index (κ1) is 19.2. The third-order valence-electron chi connectivity index (χ3n) is 4.83. The average molecular weight is 313 g/mol. The Kier molecular flexibility index (Phi) is 7.63. The van der Waals surface area contributed by atoms with Crippen LogP contribution < -0.4 is 10.6 Å². The molecule has 22 heavy (non-hydrogen) atoms. The number of likely N-dealkylation sites (tertiary alicyclic amines) is 1. The Morgan fingerprint density at radius 3 is 2.41 bits per heavy atom. The third-order valence-corrected chi connectivity index (χ3v) is 4.83. The SMILES string of the molecule is CCC(C)C(C)(O)CNC(=O)NC1CCN(CC(C)C)CC1. The van der Waals surface area contributed by atoms with Crippen LogP contribution in [0.3, 0.4) is 0 Å². The Balaban J connectivity index is 2.26. The summed E-state index contributed by atoms with van der Waals surface area (Å²) in [5.41, 5.74) is -0.854. The predicted octanol–water partition coefficient (Wildman–Crippen LogP) is 2.20. The highest BCUT2D eigenvalue weighted by molar-refractivity contribution is 5.74. The van der Waals surface area contributed by atoms with E-state index < -0.39 is 5.60 Å². The molecule has 0 spiro atoms. The number of nitrogens with zero attached hydrogens (tertiary/aromatic N) is 1. The Morgan fingerprint density at radius 2 is 1.91 bits per heavy atom. The molecule has 0 aromatic heterocycles. The zero-order chi connectivity index (χ0) is 16.8. The second-order valence-electron chi connectivity index (χ2n) is 7.46. The normalized spacial score (nSPS) is 21.4. The van der Waals surface area contributed by atoms with E-state index in [9.17, 15) is 9.90 Å². The maximum absolute atomic E-state index is 12.0. The van der Waals surface area contributed by atoms with Gasteiger partial charge < -0.3 is 20.6 Å². The third kappa shape index (κ3) is 6.53. The second kappa shape index (κ2) is 8.73. The zero-order valence-electron chi connectivity index (χ0n) is 15.0. The van der Waals surface area contributed by atoms with Crippen molar-refractivity contribution in [3.63, 3.8) is 0 Å². The highest BCUT2D eigenvalue weighted by Crippen LogP contribution is 2.18. The fourth-order valence-electron chi connectivity index (χ4n) is 2.89. The lowest BCUT2D eigenvalue weighted by Gasteiger charge is -2.34. The summed E-state index contributed by atoms with van der Waals surface area (Å²) in [6.07, 6.45) is 2.90. The van der Waals surface area contributed by atoms with E-state index in [1.807, 2.05) is 13.8 Å². The Morgan fingerprint density at radius 1 is 1.32 bits per heavy atom. The number of hydrogen-bond donors (Lipinski definition) is 3. The smallest absolute Gasteiger partial charge is 0.315 e. The van der Waals surface area contributed by atoms with Crippen molar-refractivity contribution in [2.45, 2.75) is 65.5 Å². The van der Waals surface area contributed by atoms with Crippen LogP contribution >= 0.6 is 0 Å². The van der Waals surface area contributed by atoms with Gasteiger partial charge in [0, 0.05) is 32.2 Å². The number of carbonyl (C=O) groups is 1. The number of nitrogens with one attached hydrogen (secondary N) is 2. The molecule has 1 saturated heterocycles. The molecule has 0 aliphatic carbocycles. The van der Waals surface area contributed by atoms with Crippen LogP contribution in [0, 0.1) is 11.8 Å². The number of aliphatic hydroxyl groups is 1. The zero-order valence-corrected chi connectivity index (χ0v) is 15.0. The first-order chi connectivity index (χ1) is 10.2. The maximum Gasteiger partial charge on any atom is 0.315 e. The van der Waals surface area contributed by atoms with Crippen molar-refractivity contribution in [3.8, 4) is 0 Å². The van der Waals surface area contributed by atoms with Crippen molar-refractivity contribution in [2.75, 3.05) is 26.2 Å². The summed E-state index contributed by atoms with van der Waals surface area (Å²) in [4.78, 5) is 14.4. The van der Waals surface area contributed by atoms with Crippen molar-refractivity contribution < 1.29 is 9.90 Å². The highest BCUT2D eigenvalue weighted by atomic mass is 16.3. The molecule has 1 rings (SSSR count). The molecule has 1 fully saturated rings. The summed E-state index contributed by atoms with van der Waals surface area (Å²) in [6.45, 7) is 13.8. The van der Waals surface area contributed by atoms with E-state index in [1.54, 1.807) is 6.92 Å². The molecule has 2 atom stereocenters. The van der Waals surface area contributed by atoms with E-state index in [2.05, 4.69) is 29.4 Å². The van der Waals surface area contributed by atoms with Crippen LogP contribution in [0.25, 0.3) is 0 Å². The van der Waals surface area contributed by atoms with Crippen molar-refractivity contribution >= 4 is 6.03 Å². The van der Waals surface area contributed by atoms with Crippen LogP contribution in [0.4, 0.5) is 4.79 Å². The van der Waals surface area contributed by atoms with Gasteiger partial charge in [0.2, 0.25) is 0 Å². The molecule has 3 N–H and O–H groups in total. The fourth-order valence-corrected chi connectivity index (χ4v) is 2.89. The molecular weight excluding hydrogens is 278 g/mol. The van der Waals surface area contributed by atoms with Gasteiger partial charge >= 0.3 is 6.03 Å². The lowest BCUT2D eigenvalue weighted by Crippen LogP contribution is -2.52. The van der Waals surface area contributed by atoms with Crippen molar-refractivity contribution in [1.82, 2.24) is 15.5 Å². The van der Waals surface area contributed by atoms with E-state index in [1.165, 1.54) is 0 Å². The molecule has 2 amide bonds. The first-order valence-electron chi connectivity index (χ1n) is 8.73. The minimum absolute atomic E-state index is 0.159. The van der Waals surface area contributed by atoms with Gasteiger partial charge in [-0.3, -0.25) is 0 Å². The standard InChI is InChI=1S/C17H35N3O2/c1-6-14(4)17(5,22)12-18-16(21)19-15-7-9-20(10-8-15)11-13(2)3/h13-15,22H,6-12H2,1-5H3,(H2,18,19,21). The van der Waals surface area contributed by atoms with Crippen LogP contribution in [-0.4, -0.2) is 53.9 Å². The van der Waals surface area contributed by atoms with E-state index in [-0.39, 0.29) is 18.0 Å². The first-order valence-corrected chi connectivity index (χ1v) is 8.73. The number of rotatable bonds is 7. The number of piperidine rings is 1. The monoisotopic (exact) mass is 313 g/mol. The van der Waals surface area contributed by atoms with E-state index in [0.29, 0.717) is 12.5 Å². The highest BCUT2D eigenvalue weighted by Gasteiger charge is 2.28. The van der Waals surface area contributed by atoms with Crippen LogP contribution in [-0.2, 0) is 0 Å². The van der Waals surface area contributed by atoms with E-state index in [0.717, 1.165) is 38.9 Å². The molecule has 130 valence electrons. The molecule has 0 bridgehead atoms.